The molecule has 0 aliphatic rings. The molecule has 0 spiro atoms. The van der Waals surface area contributed by atoms with Crippen LogP contribution in [0.3, 0.4) is 0 Å². The normalized spacial score (nSPS) is 11.9. The van der Waals surface area contributed by atoms with E-state index in [2.05, 4.69) is 9.71 Å². The zero-order chi connectivity index (χ0) is 14.0. The summed E-state index contributed by atoms with van der Waals surface area (Å²) in [6, 6.07) is 1.58. The summed E-state index contributed by atoms with van der Waals surface area (Å²) in [5.41, 5.74) is 6.30. The molecule has 0 amide bonds. The average molecular weight is 300 g/mol. The molecule has 0 aromatic carbocycles. The molecule has 0 unspecified atom stereocenters. The van der Waals surface area contributed by atoms with E-state index in [1.165, 1.54) is 11.3 Å². The van der Waals surface area contributed by atoms with E-state index in [0.29, 0.717) is 6.54 Å². The highest BCUT2D eigenvalue weighted by Gasteiger charge is 2.17. The molecule has 0 bridgehead atoms. The van der Waals surface area contributed by atoms with Gasteiger partial charge in [0, 0.05) is 43.1 Å². The van der Waals surface area contributed by atoms with E-state index in [-0.39, 0.29) is 11.4 Å². The van der Waals surface area contributed by atoms with Gasteiger partial charge >= 0.3 is 0 Å². The summed E-state index contributed by atoms with van der Waals surface area (Å²) in [7, 11) is -1.74. The van der Waals surface area contributed by atoms with Crippen molar-refractivity contribution in [3.63, 3.8) is 0 Å². The summed E-state index contributed by atoms with van der Waals surface area (Å²) in [6.07, 6.45) is 3.24. The maximum absolute atomic E-state index is 12.1. The Balaban J connectivity index is 2.13. The minimum Gasteiger partial charge on any atom is -0.352 e. The van der Waals surface area contributed by atoms with Crippen molar-refractivity contribution in [1.82, 2.24) is 14.3 Å². The third-order valence-corrected chi connectivity index (χ3v) is 4.99. The second-order valence-electron chi connectivity index (χ2n) is 4.15. The third kappa shape index (κ3) is 3.21. The second-order valence-corrected chi connectivity index (χ2v) is 7.24. The van der Waals surface area contributed by atoms with Gasteiger partial charge in [0.25, 0.3) is 0 Å². The molecule has 0 radical (unpaired) electrons. The minimum atomic E-state index is -3.51. The first-order valence-corrected chi connectivity index (χ1v) is 7.98. The zero-order valence-electron chi connectivity index (χ0n) is 10.8. The van der Waals surface area contributed by atoms with Gasteiger partial charge in [0.05, 0.1) is 9.90 Å². The number of sulfonamides is 1. The Kier molecular flexibility index (Phi) is 4.04. The van der Waals surface area contributed by atoms with Crippen molar-refractivity contribution in [1.29, 1.82) is 0 Å². The zero-order valence-corrected chi connectivity index (χ0v) is 12.4. The van der Waals surface area contributed by atoms with Crippen molar-refractivity contribution < 1.29 is 8.42 Å². The van der Waals surface area contributed by atoms with Crippen molar-refractivity contribution in [3.8, 4) is 0 Å². The number of thiazole rings is 1. The number of nitrogens with one attached hydrogen (secondary N) is 1. The largest absolute Gasteiger partial charge is 0.352 e. The Labute approximate surface area is 116 Å². The number of nitrogens with zero attached hydrogens (tertiary/aromatic N) is 2. The summed E-state index contributed by atoms with van der Waals surface area (Å²) in [4.78, 5) is 5.20. The van der Waals surface area contributed by atoms with Crippen LogP contribution in [0.25, 0.3) is 0 Å². The van der Waals surface area contributed by atoms with Crippen molar-refractivity contribution in [2.75, 3.05) is 0 Å². The van der Waals surface area contributed by atoms with Gasteiger partial charge in [-0.25, -0.2) is 18.1 Å². The van der Waals surface area contributed by atoms with Gasteiger partial charge in [-0.15, -0.1) is 11.3 Å². The smallest absolute Gasteiger partial charge is 0.242 e. The SMILES string of the molecule is Cc1ncc(CNS(=O)(=O)c2cc(CN)n(C)c2)s1. The van der Waals surface area contributed by atoms with Crippen LogP contribution < -0.4 is 10.5 Å². The lowest BCUT2D eigenvalue weighted by Crippen LogP contribution is -2.22. The highest BCUT2D eigenvalue weighted by molar-refractivity contribution is 7.89. The van der Waals surface area contributed by atoms with Crippen molar-refractivity contribution >= 4 is 21.4 Å². The fourth-order valence-electron chi connectivity index (χ4n) is 1.66. The molecule has 19 heavy (non-hydrogen) atoms. The van der Waals surface area contributed by atoms with Crippen LogP contribution in [0.4, 0.5) is 0 Å². The molecule has 6 nitrogen and oxygen atoms in total. The molecule has 2 heterocycles. The molecule has 0 saturated heterocycles. The minimum absolute atomic E-state index is 0.233. The van der Waals surface area contributed by atoms with Crippen molar-refractivity contribution in [2.45, 2.75) is 24.9 Å². The average Bonchev–Trinajstić information content (AvgIpc) is 2.93. The van der Waals surface area contributed by atoms with Gasteiger partial charge in [0.15, 0.2) is 0 Å². The number of hydrogen-bond acceptors (Lipinski definition) is 5. The lowest BCUT2D eigenvalue weighted by Gasteiger charge is -2.02. The van der Waals surface area contributed by atoms with Gasteiger partial charge in [-0.1, -0.05) is 0 Å². The highest BCUT2D eigenvalue weighted by atomic mass is 32.2. The van der Waals surface area contributed by atoms with Crippen LogP contribution in [0.2, 0.25) is 0 Å². The molecular formula is C11H16N4O2S2. The van der Waals surface area contributed by atoms with Gasteiger partial charge in [-0.3, -0.25) is 0 Å². The second kappa shape index (κ2) is 5.41. The van der Waals surface area contributed by atoms with Gasteiger partial charge in [0.2, 0.25) is 10.0 Å². The first-order chi connectivity index (χ1) is 8.92. The van der Waals surface area contributed by atoms with E-state index in [4.69, 9.17) is 5.73 Å². The predicted molar refractivity (Wildman–Crippen MR) is 74.2 cm³/mol. The number of aromatic nitrogens is 2. The topological polar surface area (TPSA) is 90.0 Å². The highest BCUT2D eigenvalue weighted by Crippen LogP contribution is 2.15. The maximum atomic E-state index is 12.1. The fraction of sp³-hybridized carbons (Fsp3) is 0.364. The Hall–Kier alpha value is -1.22. The first-order valence-electron chi connectivity index (χ1n) is 5.68. The van der Waals surface area contributed by atoms with Gasteiger partial charge in [0.1, 0.15) is 0 Å². The lowest BCUT2D eigenvalue weighted by molar-refractivity contribution is 0.581. The molecule has 2 aromatic heterocycles. The van der Waals surface area contributed by atoms with Crippen LogP contribution in [-0.4, -0.2) is 18.0 Å². The summed E-state index contributed by atoms with van der Waals surface area (Å²) < 4.78 is 28.5. The quantitative estimate of drug-likeness (QED) is 0.851. The Bertz CT molecular complexity index is 673. The molecule has 2 aromatic rings. The molecule has 0 aliphatic heterocycles. The molecule has 0 saturated carbocycles. The van der Waals surface area contributed by atoms with E-state index in [1.807, 2.05) is 6.92 Å². The lowest BCUT2D eigenvalue weighted by atomic mass is 10.4. The van der Waals surface area contributed by atoms with Crippen molar-refractivity contribution in [2.24, 2.45) is 12.8 Å². The molecular weight excluding hydrogens is 284 g/mol. The molecule has 104 valence electrons. The van der Waals surface area contributed by atoms with Crippen LogP contribution in [-0.2, 0) is 30.2 Å². The summed E-state index contributed by atoms with van der Waals surface area (Å²) in [5, 5.41) is 0.916. The Morgan fingerprint density at radius 1 is 1.53 bits per heavy atom. The maximum Gasteiger partial charge on any atom is 0.242 e. The summed E-state index contributed by atoms with van der Waals surface area (Å²) in [5.74, 6) is 0. The van der Waals surface area contributed by atoms with Gasteiger partial charge in [-0.05, 0) is 13.0 Å². The van der Waals surface area contributed by atoms with E-state index >= 15 is 0 Å². The molecule has 0 atom stereocenters. The molecule has 3 N–H and O–H groups in total. The summed E-state index contributed by atoms with van der Waals surface area (Å²) in [6.45, 7) is 2.44. The van der Waals surface area contributed by atoms with E-state index in [9.17, 15) is 8.42 Å². The molecule has 0 fully saturated rings. The van der Waals surface area contributed by atoms with Crippen molar-refractivity contribution in [3.05, 3.63) is 34.0 Å². The monoisotopic (exact) mass is 300 g/mol. The van der Waals surface area contributed by atoms with Crippen LogP contribution in [0.1, 0.15) is 15.6 Å². The molecule has 8 heteroatoms. The van der Waals surface area contributed by atoms with E-state index in [0.717, 1.165) is 15.6 Å². The summed E-state index contributed by atoms with van der Waals surface area (Å²) >= 11 is 1.47. The first kappa shape index (κ1) is 14.2. The van der Waals surface area contributed by atoms with Crippen LogP contribution in [0, 0.1) is 6.92 Å². The fourth-order valence-corrected chi connectivity index (χ4v) is 3.59. The van der Waals surface area contributed by atoms with Crippen LogP contribution >= 0.6 is 11.3 Å². The molecule has 2 rings (SSSR count). The number of nitrogens with two attached hydrogens (primary N) is 1. The predicted octanol–water partition coefficient (Wildman–Crippen LogP) is 0.727. The van der Waals surface area contributed by atoms with Crippen LogP contribution in [0.5, 0.6) is 0 Å². The Morgan fingerprint density at radius 2 is 2.26 bits per heavy atom. The van der Waals surface area contributed by atoms with Crippen LogP contribution in [0.15, 0.2) is 23.4 Å². The van der Waals surface area contributed by atoms with E-state index in [1.54, 1.807) is 30.1 Å². The number of rotatable bonds is 5. The molecule has 0 aliphatic carbocycles. The van der Waals surface area contributed by atoms with Gasteiger partial charge < -0.3 is 10.3 Å². The van der Waals surface area contributed by atoms with E-state index < -0.39 is 10.0 Å². The Morgan fingerprint density at radius 3 is 2.79 bits per heavy atom. The third-order valence-electron chi connectivity index (χ3n) is 2.71. The number of hydrogen-bond donors (Lipinski definition) is 2. The van der Waals surface area contributed by atoms with Gasteiger partial charge in [-0.2, -0.15) is 0 Å². The standard InChI is InChI=1S/C11H16N4O2S2/c1-8-13-5-10(18-8)6-14-19(16,17)11-3-9(4-12)15(2)7-11/h3,5,7,14H,4,6,12H2,1-2H3. The number of aryl methyl sites for hydroxylation is 2.